The normalized spacial score (nSPS) is 19.5. The minimum atomic E-state index is -0.703. The zero-order valence-electron chi connectivity index (χ0n) is 21.3. The van der Waals surface area contributed by atoms with Crippen molar-refractivity contribution >= 4 is 29.7 Å². The maximum Gasteiger partial charge on any atom is 0.409 e. The summed E-state index contributed by atoms with van der Waals surface area (Å²) in [6, 6.07) is 4.25. The Hall–Kier alpha value is -3.54. The molecule has 2 aromatic rings. The number of amides is 3. The van der Waals surface area contributed by atoms with Crippen LogP contribution in [0.5, 0.6) is 17.2 Å². The Balaban J connectivity index is 1.61. The standard InChI is InChI=1S/C25H31N3O8S/c1-5-36-25(31)27-9-7-26(8-10-27)23(30)18-15-37-24(16-6-11-35-14-16)28(18)22(29)17-12-19(32-2)21(34-4)20(13-17)33-3/h6,11-14,18,24H,5,7-10,15H2,1-4H3. The molecule has 0 N–H and O–H groups in total. The van der Waals surface area contributed by atoms with Crippen LogP contribution in [0.1, 0.15) is 28.2 Å². The summed E-state index contributed by atoms with van der Waals surface area (Å²) in [5, 5.41) is -0.417. The van der Waals surface area contributed by atoms with Gasteiger partial charge in [-0.3, -0.25) is 9.59 Å². The maximum atomic E-state index is 14.0. The summed E-state index contributed by atoms with van der Waals surface area (Å²) < 4.78 is 26.6. The number of nitrogens with zero attached hydrogens (tertiary/aromatic N) is 3. The number of benzene rings is 1. The van der Waals surface area contributed by atoms with Crippen molar-refractivity contribution in [2.75, 3.05) is 59.9 Å². The van der Waals surface area contributed by atoms with Crippen LogP contribution in [0.4, 0.5) is 4.79 Å². The second-order valence-electron chi connectivity index (χ2n) is 8.40. The third-order valence-corrected chi connectivity index (χ3v) is 7.70. The Morgan fingerprint density at radius 2 is 1.65 bits per heavy atom. The van der Waals surface area contributed by atoms with E-state index in [1.165, 1.54) is 33.1 Å². The quantitative estimate of drug-likeness (QED) is 0.530. The molecule has 0 spiro atoms. The van der Waals surface area contributed by atoms with Crippen molar-refractivity contribution in [3.63, 3.8) is 0 Å². The molecule has 200 valence electrons. The summed E-state index contributed by atoms with van der Waals surface area (Å²) in [5.74, 6) is 0.963. The van der Waals surface area contributed by atoms with Gasteiger partial charge in [0.1, 0.15) is 11.4 Å². The molecule has 0 aliphatic carbocycles. The molecule has 0 saturated carbocycles. The zero-order chi connectivity index (χ0) is 26.5. The van der Waals surface area contributed by atoms with Gasteiger partial charge in [-0.1, -0.05) is 0 Å². The Labute approximate surface area is 219 Å². The van der Waals surface area contributed by atoms with Crippen LogP contribution < -0.4 is 14.2 Å². The number of hydrogen-bond donors (Lipinski definition) is 0. The van der Waals surface area contributed by atoms with Crippen molar-refractivity contribution in [1.29, 1.82) is 0 Å². The van der Waals surface area contributed by atoms with E-state index >= 15 is 0 Å². The molecule has 1 aromatic carbocycles. The van der Waals surface area contributed by atoms with E-state index < -0.39 is 11.4 Å². The van der Waals surface area contributed by atoms with Gasteiger partial charge in [0.25, 0.3) is 5.91 Å². The van der Waals surface area contributed by atoms with Gasteiger partial charge < -0.3 is 38.1 Å². The van der Waals surface area contributed by atoms with E-state index in [0.29, 0.717) is 61.4 Å². The van der Waals surface area contributed by atoms with Gasteiger partial charge in [-0.2, -0.15) is 0 Å². The average molecular weight is 534 g/mol. The second kappa shape index (κ2) is 11.7. The van der Waals surface area contributed by atoms with Crippen LogP contribution in [0, 0.1) is 0 Å². The number of piperazine rings is 1. The molecule has 12 heteroatoms. The number of carbonyl (C=O) groups is 3. The monoisotopic (exact) mass is 533 g/mol. The number of methoxy groups -OCH3 is 3. The fourth-order valence-electron chi connectivity index (χ4n) is 4.51. The molecule has 2 aliphatic rings. The van der Waals surface area contributed by atoms with Crippen molar-refractivity contribution in [1.82, 2.24) is 14.7 Å². The number of ether oxygens (including phenoxy) is 4. The van der Waals surface area contributed by atoms with E-state index in [9.17, 15) is 14.4 Å². The number of thioether (sulfide) groups is 1. The molecular weight excluding hydrogens is 502 g/mol. The predicted octanol–water partition coefficient (Wildman–Crippen LogP) is 2.86. The topological polar surface area (TPSA) is 111 Å². The molecular formula is C25H31N3O8S. The Kier molecular flexibility index (Phi) is 8.37. The molecule has 3 amide bonds. The van der Waals surface area contributed by atoms with Crippen molar-refractivity contribution in [3.05, 3.63) is 41.9 Å². The van der Waals surface area contributed by atoms with E-state index in [2.05, 4.69) is 0 Å². The minimum absolute atomic E-state index is 0.164. The molecule has 4 rings (SSSR count). The summed E-state index contributed by atoms with van der Waals surface area (Å²) in [6.45, 7) is 3.52. The van der Waals surface area contributed by atoms with Crippen LogP contribution in [0.2, 0.25) is 0 Å². The second-order valence-corrected chi connectivity index (χ2v) is 9.51. The lowest BCUT2D eigenvalue weighted by molar-refractivity contribution is -0.136. The highest BCUT2D eigenvalue weighted by atomic mass is 32.2. The molecule has 0 bridgehead atoms. The highest BCUT2D eigenvalue weighted by Gasteiger charge is 2.45. The minimum Gasteiger partial charge on any atom is -0.493 e. The van der Waals surface area contributed by atoms with Crippen LogP contribution in [-0.2, 0) is 9.53 Å². The molecule has 2 unspecified atom stereocenters. The van der Waals surface area contributed by atoms with Gasteiger partial charge in [0.15, 0.2) is 11.5 Å². The van der Waals surface area contributed by atoms with Crippen LogP contribution >= 0.6 is 11.8 Å². The van der Waals surface area contributed by atoms with Crippen LogP contribution in [-0.4, -0.2) is 98.5 Å². The summed E-state index contributed by atoms with van der Waals surface area (Å²) in [7, 11) is 4.45. The van der Waals surface area contributed by atoms with Gasteiger partial charge in [0.05, 0.1) is 40.5 Å². The summed E-state index contributed by atoms with van der Waals surface area (Å²) in [5.41, 5.74) is 1.09. The predicted molar refractivity (Wildman–Crippen MR) is 135 cm³/mol. The van der Waals surface area contributed by atoms with E-state index in [-0.39, 0.29) is 17.9 Å². The molecule has 0 radical (unpaired) electrons. The van der Waals surface area contributed by atoms with E-state index in [1.807, 2.05) is 0 Å². The third kappa shape index (κ3) is 5.29. The lowest BCUT2D eigenvalue weighted by atomic mass is 10.1. The van der Waals surface area contributed by atoms with Crippen molar-refractivity contribution in [2.24, 2.45) is 0 Å². The number of hydrogen-bond acceptors (Lipinski definition) is 9. The van der Waals surface area contributed by atoms with Gasteiger partial charge in [0.2, 0.25) is 11.7 Å². The first-order valence-corrected chi connectivity index (χ1v) is 12.9. The van der Waals surface area contributed by atoms with Gasteiger partial charge >= 0.3 is 6.09 Å². The third-order valence-electron chi connectivity index (χ3n) is 6.38. The molecule has 3 heterocycles. The molecule has 37 heavy (non-hydrogen) atoms. The van der Waals surface area contributed by atoms with Crippen LogP contribution in [0.25, 0.3) is 0 Å². The first-order chi connectivity index (χ1) is 17.9. The lowest BCUT2D eigenvalue weighted by Gasteiger charge is -2.37. The van der Waals surface area contributed by atoms with Crippen LogP contribution in [0.15, 0.2) is 35.1 Å². The Bertz CT molecular complexity index is 1090. The average Bonchev–Trinajstić information content (AvgIpc) is 3.62. The maximum absolute atomic E-state index is 14.0. The number of carbonyl (C=O) groups excluding carboxylic acids is 3. The summed E-state index contributed by atoms with van der Waals surface area (Å²) in [6.07, 6.45) is 2.74. The fourth-order valence-corrected chi connectivity index (χ4v) is 5.90. The highest BCUT2D eigenvalue weighted by molar-refractivity contribution is 7.99. The van der Waals surface area contributed by atoms with E-state index in [0.717, 1.165) is 5.56 Å². The van der Waals surface area contributed by atoms with Crippen LogP contribution in [0.3, 0.4) is 0 Å². The van der Waals surface area contributed by atoms with Crippen molar-refractivity contribution in [2.45, 2.75) is 18.3 Å². The van der Waals surface area contributed by atoms with Gasteiger partial charge in [-0.25, -0.2) is 4.79 Å². The van der Waals surface area contributed by atoms with E-state index in [1.54, 1.807) is 52.3 Å². The largest absolute Gasteiger partial charge is 0.493 e. The van der Waals surface area contributed by atoms with E-state index in [4.69, 9.17) is 23.4 Å². The highest BCUT2D eigenvalue weighted by Crippen LogP contribution is 2.44. The smallest absolute Gasteiger partial charge is 0.409 e. The fraction of sp³-hybridized carbons (Fsp3) is 0.480. The first-order valence-electron chi connectivity index (χ1n) is 11.9. The Morgan fingerprint density at radius 3 is 2.19 bits per heavy atom. The Morgan fingerprint density at radius 1 is 1.00 bits per heavy atom. The first kappa shape index (κ1) is 26.5. The molecule has 1 aromatic heterocycles. The number of rotatable bonds is 7. The molecule has 2 atom stereocenters. The zero-order valence-corrected chi connectivity index (χ0v) is 22.1. The van der Waals surface area contributed by atoms with Gasteiger partial charge in [-0.15, -0.1) is 11.8 Å². The molecule has 11 nitrogen and oxygen atoms in total. The lowest BCUT2D eigenvalue weighted by Crippen LogP contribution is -2.56. The molecule has 2 aliphatic heterocycles. The van der Waals surface area contributed by atoms with Crippen molar-refractivity contribution < 1.29 is 37.7 Å². The molecule has 2 fully saturated rings. The summed E-state index contributed by atoms with van der Waals surface area (Å²) in [4.78, 5) is 44.6. The van der Waals surface area contributed by atoms with Crippen molar-refractivity contribution in [3.8, 4) is 17.2 Å². The van der Waals surface area contributed by atoms with Gasteiger partial charge in [0, 0.05) is 43.1 Å². The molecule has 2 saturated heterocycles. The van der Waals surface area contributed by atoms with Gasteiger partial charge in [-0.05, 0) is 25.1 Å². The summed E-state index contributed by atoms with van der Waals surface area (Å²) >= 11 is 1.50. The SMILES string of the molecule is CCOC(=O)N1CCN(C(=O)C2CSC(c3ccoc3)N2C(=O)c2cc(OC)c(OC)c(OC)c2)CC1. The number of furan rings is 1.